The van der Waals surface area contributed by atoms with E-state index < -0.39 is 11.7 Å². The summed E-state index contributed by atoms with van der Waals surface area (Å²) in [7, 11) is 1.60. The summed E-state index contributed by atoms with van der Waals surface area (Å²) in [6.07, 6.45) is 2.82. The lowest BCUT2D eigenvalue weighted by Gasteiger charge is -2.46. The number of anilines is 2. The van der Waals surface area contributed by atoms with E-state index in [2.05, 4.69) is 9.88 Å². The zero-order valence-corrected chi connectivity index (χ0v) is 24.7. The van der Waals surface area contributed by atoms with E-state index in [9.17, 15) is 18.0 Å². The summed E-state index contributed by atoms with van der Waals surface area (Å²) in [5, 5.41) is 4.89. The molecule has 12 heteroatoms. The minimum atomic E-state index is -4.54. The number of benzene rings is 1. The Morgan fingerprint density at radius 1 is 1.09 bits per heavy atom. The molecule has 5 heterocycles. The largest absolute Gasteiger partial charge is 0.480 e. The highest BCUT2D eigenvalue weighted by Crippen LogP contribution is 2.42. The maximum absolute atomic E-state index is 14.3. The Hall–Kier alpha value is -3.80. The quantitative estimate of drug-likeness (QED) is 0.323. The monoisotopic (exact) mass is 598 g/mol. The van der Waals surface area contributed by atoms with Crippen molar-refractivity contribution in [3.8, 4) is 5.88 Å². The first kappa shape index (κ1) is 29.3. The number of urea groups is 1. The van der Waals surface area contributed by atoms with Gasteiger partial charge in [0.15, 0.2) is 0 Å². The number of halogens is 3. The number of aromatic nitrogens is 3. The molecule has 230 valence electrons. The van der Waals surface area contributed by atoms with Crippen molar-refractivity contribution in [2.45, 2.75) is 77.0 Å². The van der Waals surface area contributed by atoms with Crippen LogP contribution in [0.4, 0.5) is 29.3 Å². The number of hydrogen-bond acceptors (Lipinski definition) is 6. The van der Waals surface area contributed by atoms with Crippen molar-refractivity contribution in [1.29, 1.82) is 0 Å². The van der Waals surface area contributed by atoms with Gasteiger partial charge in [-0.25, -0.2) is 14.5 Å². The van der Waals surface area contributed by atoms with E-state index in [1.165, 1.54) is 17.0 Å². The molecule has 43 heavy (non-hydrogen) atoms. The molecule has 0 N–H and O–H groups in total. The van der Waals surface area contributed by atoms with E-state index in [1.807, 2.05) is 24.8 Å². The van der Waals surface area contributed by atoms with Crippen molar-refractivity contribution >= 4 is 17.4 Å². The number of piperidine rings is 1. The standard InChI is InChI=1S/C31H37F3N6O3/c1-20-11-14-35-29(42-3)28(20)37-15-12-23(13-16-37)40-21(2)27-25(19-39(36-27)26-10-6-7-17-43-26)38(30(40)41)18-22-8-4-5-9-24(22)31(32,33)34/h4-5,8-9,11,14,19,21,23,26H,6-7,10,12-13,15-18H2,1-3H3. The molecule has 0 saturated carbocycles. The lowest BCUT2D eigenvalue weighted by Crippen LogP contribution is -2.55. The molecule has 2 amide bonds. The maximum Gasteiger partial charge on any atom is 0.416 e. The molecule has 3 aliphatic heterocycles. The van der Waals surface area contributed by atoms with Gasteiger partial charge in [-0.2, -0.15) is 18.3 Å². The Labute approximate surface area is 249 Å². The molecular formula is C31H37F3N6O3. The molecular weight excluding hydrogens is 561 g/mol. The van der Waals surface area contributed by atoms with Gasteiger partial charge < -0.3 is 19.3 Å². The number of aryl methyl sites for hydroxylation is 1. The van der Waals surface area contributed by atoms with Crippen LogP contribution in [0.2, 0.25) is 0 Å². The third kappa shape index (κ3) is 5.52. The van der Waals surface area contributed by atoms with Crippen molar-refractivity contribution in [3.63, 3.8) is 0 Å². The van der Waals surface area contributed by atoms with Gasteiger partial charge in [-0.1, -0.05) is 18.2 Å². The third-order valence-corrected chi connectivity index (χ3v) is 8.86. The van der Waals surface area contributed by atoms with Crippen LogP contribution in [0.1, 0.15) is 73.7 Å². The first-order valence-electron chi connectivity index (χ1n) is 14.9. The molecule has 0 bridgehead atoms. The van der Waals surface area contributed by atoms with Gasteiger partial charge in [0.2, 0.25) is 5.88 Å². The predicted molar refractivity (Wildman–Crippen MR) is 155 cm³/mol. The van der Waals surface area contributed by atoms with E-state index >= 15 is 0 Å². The van der Waals surface area contributed by atoms with Gasteiger partial charge in [0, 0.05) is 31.9 Å². The van der Waals surface area contributed by atoms with Gasteiger partial charge in [-0.05, 0) is 69.2 Å². The smallest absolute Gasteiger partial charge is 0.416 e. The number of fused-ring (bicyclic) bond motifs is 1. The highest BCUT2D eigenvalue weighted by atomic mass is 19.4. The highest BCUT2D eigenvalue weighted by Gasteiger charge is 2.44. The molecule has 3 aliphatic rings. The molecule has 2 saturated heterocycles. The Kier molecular flexibility index (Phi) is 7.97. The first-order chi connectivity index (χ1) is 20.7. The number of methoxy groups -OCH3 is 1. The van der Waals surface area contributed by atoms with Gasteiger partial charge in [-0.15, -0.1) is 0 Å². The van der Waals surface area contributed by atoms with Crippen LogP contribution >= 0.6 is 0 Å². The van der Waals surface area contributed by atoms with Crippen molar-refractivity contribution < 1.29 is 27.4 Å². The average molecular weight is 599 g/mol. The van der Waals surface area contributed by atoms with Crippen molar-refractivity contribution in [2.24, 2.45) is 0 Å². The van der Waals surface area contributed by atoms with E-state index in [0.717, 1.165) is 36.6 Å². The number of ether oxygens (including phenoxy) is 2. The topological polar surface area (TPSA) is 76.0 Å². The Bertz CT molecular complexity index is 1460. The minimum absolute atomic E-state index is 0.0411. The molecule has 0 aliphatic carbocycles. The Morgan fingerprint density at radius 2 is 1.86 bits per heavy atom. The van der Waals surface area contributed by atoms with Crippen LogP contribution in [0.25, 0.3) is 0 Å². The molecule has 2 aromatic heterocycles. The average Bonchev–Trinajstić information content (AvgIpc) is 3.46. The molecule has 2 atom stereocenters. The molecule has 2 unspecified atom stereocenters. The lowest BCUT2D eigenvalue weighted by molar-refractivity contribution is -0.138. The number of nitrogens with zero attached hydrogens (tertiary/aromatic N) is 6. The Morgan fingerprint density at radius 3 is 2.56 bits per heavy atom. The molecule has 6 rings (SSSR count). The second kappa shape index (κ2) is 11.7. The molecule has 0 spiro atoms. The number of rotatable bonds is 6. The number of alkyl halides is 3. The second-order valence-electron chi connectivity index (χ2n) is 11.5. The van der Waals surface area contributed by atoms with E-state index in [0.29, 0.717) is 49.8 Å². The summed E-state index contributed by atoms with van der Waals surface area (Å²) in [5.74, 6) is 0.565. The van der Waals surface area contributed by atoms with E-state index in [-0.39, 0.29) is 36.5 Å². The molecule has 9 nitrogen and oxygen atoms in total. The van der Waals surface area contributed by atoms with Gasteiger partial charge in [0.1, 0.15) is 17.6 Å². The number of hydrogen-bond donors (Lipinski definition) is 0. The van der Waals surface area contributed by atoms with Crippen LogP contribution in [-0.4, -0.2) is 58.5 Å². The van der Waals surface area contributed by atoms with Crippen molar-refractivity contribution in [1.82, 2.24) is 19.7 Å². The number of carbonyl (C=O) groups excluding carboxylic acids is 1. The third-order valence-electron chi connectivity index (χ3n) is 8.86. The van der Waals surface area contributed by atoms with Gasteiger partial charge in [-0.3, -0.25) is 4.90 Å². The lowest BCUT2D eigenvalue weighted by atomic mass is 9.97. The summed E-state index contributed by atoms with van der Waals surface area (Å²) in [4.78, 5) is 24.2. The molecule has 3 aromatic rings. The van der Waals surface area contributed by atoms with Crippen LogP contribution in [0, 0.1) is 6.92 Å². The van der Waals surface area contributed by atoms with Gasteiger partial charge in [0.25, 0.3) is 0 Å². The zero-order chi connectivity index (χ0) is 30.3. The number of pyridine rings is 1. The van der Waals surface area contributed by atoms with Crippen molar-refractivity contribution in [2.75, 3.05) is 36.6 Å². The van der Waals surface area contributed by atoms with Crippen LogP contribution in [0.3, 0.4) is 0 Å². The predicted octanol–water partition coefficient (Wildman–Crippen LogP) is 6.49. The minimum Gasteiger partial charge on any atom is -0.480 e. The summed E-state index contributed by atoms with van der Waals surface area (Å²) in [6.45, 7) is 5.74. The molecule has 2 fully saturated rings. The van der Waals surface area contributed by atoms with Crippen LogP contribution in [0.5, 0.6) is 5.88 Å². The number of amides is 2. The van der Waals surface area contributed by atoms with Crippen molar-refractivity contribution in [3.05, 3.63) is 65.1 Å². The van der Waals surface area contributed by atoms with Gasteiger partial charge >= 0.3 is 12.2 Å². The fourth-order valence-corrected chi connectivity index (χ4v) is 6.68. The van der Waals surface area contributed by atoms with Crippen LogP contribution in [-0.2, 0) is 17.5 Å². The van der Waals surface area contributed by atoms with Crippen LogP contribution in [0.15, 0.2) is 42.7 Å². The summed E-state index contributed by atoms with van der Waals surface area (Å²) in [6, 6.07) is 6.61. The summed E-state index contributed by atoms with van der Waals surface area (Å²) < 4.78 is 55.1. The Balaban J connectivity index is 1.32. The molecule has 0 radical (unpaired) electrons. The summed E-state index contributed by atoms with van der Waals surface area (Å²) in [5.41, 5.74) is 2.51. The SMILES string of the molecule is COc1nccc(C)c1N1CCC(N2C(=O)N(Cc3ccccc3C(F)(F)F)c3cn(C4CCCCO4)nc3C2C)CC1. The number of carbonyl (C=O) groups is 1. The first-order valence-corrected chi connectivity index (χ1v) is 14.9. The van der Waals surface area contributed by atoms with Crippen LogP contribution < -0.4 is 14.5 Å². The maximum atomic E-state index is 14.3. The fourth-order valence-electron chi connectivity index (χ4n) is 6.68. The normalized spacial score (nSPS) is 21.7. The summed E-state index contributed by atoms with van der Waals surface area (Å²) >= 11 is 0. The van der Waals surface area contributed by atoms with E-state index in [1.54, 1.807) is 30.3 Å². The van der Waals surface area contributed by atoms with Gasteiger partial charge in [0.05, 0.1) is 37.1 Å². The zero-order valence-electron chi connectivity index (χ0n) is 24.7. The second-order valence-corrected chi connectivity index (χ2v) is 11.5. The van der Waals surface area contributed by atoms with E-state index in [4.69, 9.17) is 14.6 Å². The fraction of sp³-hybridized carbons (Fsp3) is 0.516. The molecule has 1 aromatic carbocycles. The highest BCUT2D eigenvalue weighted by molar-refractivity contribution is 5.95.